The fourth-order valence-electron chi connectivity index (χ4n) is 2.22. The summed E-state index contributed by atoms with van der Waals surface area (Å²) in [6.07, 6.45) is 26.1. The van der Waals surface area contributed by atoms with E-state index in [9.17, 15) is 4.79 Å². The molecule has 0 atom stereocenters. The van der Waals surface area contributed by atoms with Gasteiger partial charge in [-0.15, -0.1) is 0 Å². The lowest BCUT2D eigenvalue weighted by Gasteiger charge is -1.97. The number of carbonyl (C=O) groups is 1. The van der Waals surface area contributed by atoms with Gasteiger partial charge in [-0.2, -0.15) is 5.26 Å². The van der Waals surface area contributed by atoms with E-state index in [-0.39, 0.29) is 0 Å². The van der Waals surface area contributed by atoms with Gasteiger partial charge in [0.25, 0.3) is 0 Å². The van der Waals surface area contributed by atoms with Crippen molar-refractivity contribution >= 4 is 5.97 Å². The maximum atomic E-state index is 10.7. The Labute approximate surface area is 142 Å². The molecule has 0 aromatic carbocycles. The number of hydrogen-bond donors (Lipinski definition) is 1. The highest BCUT2D eigenvalue weighted by Crippen LogP contribution is 2.07. The van der Waals surface area contributed by atoms with Crippen molar-refractivity contribution in [3.05, 3.63) is 36.5 Å². The highest BCUT2D eigenvalue weighted by Gasteiger charge is 2.00. The summed E-state index contributed by atoms with van der Waals surface area (Å²) in [5.74, 6) is -0.535. The van der Waals surface area contributed by atoms with Crippen molar-refractivity contribution < 1.29 is 14.9 Å². The van der Waals surface area contributed by atoms with Crippen molar-refractivity contribution in [2.75, 3.05) is 0 Å². The van der Waals surface area contributed by atoms with Gasteiger partial charge >= 0.3 is 5.97 Å². The minimum absolute atomic E-state index is 0.310. The summed E-state index contributed by atoms with van der Waals surface area (Å²) in [4.78, 5) is 14.3. The summed E-state index contributed by atoms with van der Waals surface area (Å²) < 4.78 is 0. The molecule has 23 heavy (non-hydrogen) atoms. The Bertz CT molecular complexity index is 343. The second kappa shape index (κ2) is 18.7. The first-order chi connectivity index (χ1) is 11.3. The van der Waals surface area contributed by atoms with Crippen molar-refractivity contribution in [3.8, 4) is 0 Å². The van der Waals surface area contributed by atoms with Gasteiger partial charge in [0.2, 0.25) is 0 Å². The maximum Gasteiger partial charge on any atom is 0.342 e. The fraction of sp³-hybridized carbons (Fsp3) is 0.650. The minimum atomic E-state index is -0.535. The highest BCUT2D eigenvalue weighted by atomic mass is 17.1. The Kier molecular flexibility index (Phi) is 17.6. The summed E-state index contributed by atoms with van der Waals surface area (Å²) in [6.45, 7) is 2.23. The number of allylic oxidation sites excluding steroid dienone is 6. The molecule has 0 aliphatic carbocycles. The quantitative estimate of drug-likeness (QED) is 0.165. The van der Waals surface area contributed by atoms with Crippen LogP contribution in [0.25, 0.3) is 0 Å². The van der Waals surface area contributed by atoms with E-state index in [1.165, 1.54) is 25.7 Å². The topological polar surface area (TPSA) is 46.5 Å². The number of hydrogen-bond acceptors (Lipinski definition) is 3. The Hall–Kier alpha value is -1.35. The predicted octanol–water partition coefficient (Wildman–Crippen LogP) is 6.37. The summed E-state index contributed by atoms with van der Waals surface area (Å²) in [7, 11) is 0. The van der Waals surface area contributed by atoms with Crippen molar-refractivity contribution in [2.24, 2.45) is 0 Å². The zero-order valence-electron chi connectivity index (χ0n) is 14.7. The number of carbonyl (C=O) groups excluding carboxylic acids is 1. The van der Waals surface area contributed by atoms with Crippen molar-refractivity contribution in [3.63, 3.8) is 0 Å². The van der Waals surface area contributed by atoms with Crippen molar-refractivity contribution in [1.82, 2.24) is 0 Å². The molecule has 132 valence electrons. The van der Waals surface area contributed by atoms with E-state index in [1.807, 2.05) is 0 Å². The van der Waals surface area contributed by atoms with E-state index in [1.54, 1.807) is 0 Å². The van der Waals surface area contributed by atoms with Gasteiger partial charge in [-0.3, -0.25) is 0 Å². The first-order valence-electron chi connectivity index (χ1n) is 9.10. The molecule has 0 amide bonds. The van der Waals surface area contributed by atoms with Crippen LogP contribution in [0.2, 0.25) is 0 Å². The molecule has 0 unspecified atom stereocenters. The molecule has 0 heterocycles. The molecule has 0 spiro atoms. The van der Waals surface area contributed by atoms with Gasteiger partial charge in [0.05, 0.1) is 0 Å². The third-order valence-corrected chi connectivity index (χ3v) is 3.62. The molecule has 0 aromatic heterocycles. The van der Waals surface area contributed by atoms with Gasteiger partial charge in [-0.1, -0.05) is 69.1 Å². The van der Waals surface area contributed by atoms with E-state index in [0.717, 1.165) is 44.9 Å². The minimum Gasteiger partial charge on any atom is -0.301 e. The lowest BCUT2D eigenvalue weighted by atomic mass is 10.1. The van der Waals surface area contributed by atoms with Crippen LogP contribution in [0.4, 0.5) is 0 Å². The van der Waals surface area contributed by atoms with Gasteiger partial charge in [0.15, 0.2) is 0 Å². The normalized spacial score (nSPS) is 11.9. The summed E-state index contributed by atoms with van der Waals surface area (Å²) in [6, 6.07) is 0. The number of rotatable bonds is 15. The van der Waals surface area contributed by atoms with Crippen molar-refractivity contribution in [2.45, 2.75) is 84.0 Å². The van der Waals surface area contributed by atoms with Crippen LogP contribution in [0.3, 0.4) is 0 Å². The first-order valence-corrected chi connectivity index (χ1v) is 9.10. The molecular weight excluding hydrogens is 288 g/mol. The van der Waals surface area contributed by atoms with Gasteiger partial charge in [-0.05, 0) is 44.9 Å². The first kappa shape index (κ1) is 21.6. The fourth-order valence-corrected chi connectivity index (χ4v) is 2.22. The summed E-state index contributed by atoms with van der Waals surface area (Å²) in [5, 5.41) is 8.10. The second-order valence-corrected chi connectivity index (χ2v) is 5.80. The highest BCUT2D eigenvalue weighted by molar-refractivity contribution is 5.68. The largest absolute Gasteiger partial charge is 0.342 e. The lowest BCUT2D eigenvalue weighted by Crippen LogP contribution is -1.99. The van der Waals surface area contributed by atoms with Crippen LogP contribution in [-0.4, -0.2) is 11.2 Å². The molecule has 0 aliphatic rings. The molecule has 3 nitrogen and oxygen atoms in total. The average Bonchev–Trinajstić information content (AvgIpc) is 2.57. The van der Waals surface area contributed by atoms with E-state index in [0.29, 0.717) is 6.42 Å². The van der Waals surface area contributed by atoms with Crippen LogP contribution in [0.5, 0.6) is 0 Å². The summed E-state index contributed by atoms with van der Waals surface area (Å²) >= 11 is 0. The van der Waals surface area contributed by atoms with Crippen LogP contribution >= 0.6 is 0 Å². The van der Waals surface area contributed by atoms with E-state index in [4.69, 9.17) is 5.26 Å². The Balaban J connectivity index is 3.30. The molecule has 0 aliphatic heterocycles. The van der Waals surface area contributed by atoms with Crippen LogP contribution < -0.4 is 0 Å². The molecule has 0 saturated heterocycles. The Morgan fingerprint density at radius 1 is 0.783 bits per heavy atom. The average molecular weight is 322 g/mol. The van der Waals surface area contributed by atoms with Crippen LogP contribution in [0.15, 0.2) is 36.5 Å². The molecule has 0 saturated carbocycles. The third kappa shape index (κ3) is 18.6. The van der Waals surface area contributed by atoms with E-state index >= 15 is 0 Å². The maximum absolute atomic E-state index is 10.7. The lowest BCUT2D eigenvalue weighted by molar-refractivity contribution is -0.234. The standard InChI is InChI=1S/C20H34O3/c1-2-3-4-5-6-7-8-9-10-11-12-13-14-15-16-17-18-19-20(21)23-22/h6-7,9-10,12-13,22H,2-5,8,11,14-19H2,1H3/b7-6+,10-9+,13-12+. The van der Waals surface area contributed by atoms with E-state index < -0.39 is 5.97 Å². The molecule has 3 heteroatoms. The van der Waals surface area contributed by atoms with Crippen LogP contribution in [0.1, 0.15) is 84.0 Å². The SMILES string of the molecule is CCCCC/C=C/C/C=C/C/C=C/CCCCCCC(=O)OO. The predicted molar refractivity (Wildman–Crippen MR) is 97.2 cm³/mol. The smallest absolute Gasteiger partial charge is 0.301 e. The van der Waals surface area contributed by atoms with Gasteiger partial charge in [0, 0.05) is 6.42 Å². The molecular formula is C20H34O3. The molecule has 0 rings (SSSR count). The van der Waals surface area contributed by atoms with E-state index in [2.05, 4.69) is 48.3 Å². The van der Waals surface area contributed by atoms with Crippen LogP contribution in [0, 0.1) is 0 Å². The van der Waals surface area contributed by atoms with Gasteiger partial charge < -0.3 is 4.89 Å². The third-order valence-electron chi connectivity index (χ3n) is 3.62. The van der Waals surface area contributed by atoms with Gasteiger partial charge in [0.1, 0.15) is 0 Å². The molecule has 0 fully saturated rings. The Morgan fingerprint density at radius 3 is 1.87 bits per heavy atom. The monoisotopic (exact) mass is 322 g/mol. The molecule has 0 bridgehead atoms. The summed E-state index contributed by atoms with van der Waals surface area (Å²) in [5.41, 5.74) is 0. The number of unbranched alkanes of at least 4 members (excludes halogenated alkanes) is 7. The Morgan fingerprint density at radius 2 is 1.30 bits per heavy atom. The zero-order chi connectivity index (χ0) is 17.0. The molecule has 0 aromatic rings. The molecule has 1 N–H and O–H groups in total. The van der Waals surface area contributed by atoms with Gasteiger partial charge in [-0.25, -0.2) is 4.79 Å². The van der Waals surface area contributed by atoms with Crippen LogP contribution in [-0.2, 0) is 9.68 Å². The second-order valence-electron chi connectivity index (χ2n) is 5.80. The van der Waals surface area contributed by atoms with Crippen molar-refractivity contribution in [1.29, 1.82) is 0 Å². The molecule has 0 radical (unpaired) electrons. The zero-order valence-corrected chi connectivity index (χ0v) is 14.7.